The van der Waals surface area contributed by atoms with Gasteiger partial charge in [0.15, 0.2) is 0 Å². The van der Waals surface area contributed by atoms with Crippen molar-refractivity contribution in [1.29, 1.82) is 0 Å². The smallest absolute Gasteiger partial charge is 0.257 e. The topological polar surface area (TPSA) is 102 Å². The van der Waals surface area contributed by atoms with Crippen LogP contribution in [0.25, 0.3) is 11.3 Å². The molecule has 0 spiro atoms. The summed E-state index contributed by atoms with van der Waals surface area (Å²) in [5.74, 6) is -0.382. The molecule has 138 valence electrons. The Kier molecular flexibility index (Phi) is 5.41. The number of amides is 1. The van der Waals surface area contributed by atoms with Crippen molar-refractivity contribution in [2.45, 2.75) is 11.8 Å². The molecule has 0 aliphatic rings. The van der Waals surface area contributed by atoms with Crippen LogP contribution in [0.15, 0.2) is 70.0 Å². The van der Waals surface area contributed by atoms with Crippen LogP contribution >= 0.6 is 15.9 Å². The van der Waals surface area contributed by atoms with E-state index in [0.29, 0.717) is 16.9 Å². The number of nitrogens with one attached hydrogen (secondary N) is 1. The molecule has 27 heavy (non-hydrogen) atoms. The van der Waals surface area contributed by atoms with E-state index in [0.717, 1.165) is 15.7 Å². The Morgan fingerprint density at radius 1 is 1.07 bits per heavy atom. The molecule has 0 radical (unpaired) electrons. The van der Waals surface area contributed by atoms with Crippen LogP contribution in [0.3, 0.4) is 0 Å². The molecule has 0 atom stereocenters. The van der Waals surface area contributed by atoms with Crippen LogP contribution < -0.4 is 10.5 Å². The average molecular weight is 446 g/mol. The summed E-state index contributed by atoms with van der Waals surface area (Å²) in [7, 11) is -3.84. The Hall–Kier alpha value is -2.55. The fourth-order valence-corrected chi connectivity index (χ4v) is 3.52. The number of halogens is 1. The van der Waals surface area contributed by atoms with Crippen molar-refractivity contribution in [2.75, 3.05) is 5.32 Å². The number of rotatable bonds is 4. The van der Waals surface area contributed by atoms with E-state index in [2.05, 4.69) is 26.2 Å². The first kappa shape index (κ1) is 19.2. The Bertz CT molecular complexity index is 1130. The molecule has 3 rings (SSSR count). The Morgan fingerprint density at radius 2 is 1.81 bits per heavy atom. The molecule has 3 N–H and O–H groups in total. The number of primary sulfonamides is 1. The largest absolute Gasteiger partial charge is 0.322 e. The van der Waals surface area contributed by atoms with Gasteiger partial charge in [-0.15, -0.1) is 0 Å². The van der Waals surface area contributed by atoms with Crippen molar-refractivity contribution >= 4 is 37.5 Å². The van der Waals surface area contributed by atoms with E-state index < -0.39 is 10.0 Å². The summed E-state index contributed by atoms with van der Waals surface area (Å²) >= 11 is 3.43. The van der Waals surface area contributed by atoms with E-state index in [-0.39, 0.29) is 10.8 Å². The number of hydrogen-bond donors (Lipinski definition) is 2. The summed E-state index contributed by atoms with van der Waals surface area (Å²) in [6, 6.07) is 17.0. The van der Waals surface area contributed by atoms with E-state index in [1.807, 2.05) is 24.3 Å². The minimum atomic E-state index is -3.84. The van der Waals surface area contributed by atoms with Gasteiger partial charge in [-0.3, -0.25) is 9.78 Å². The number of sulfonamides is 1. The van der Waals surface area contributed by atoms with E-state index in [9.17, 15) is 13.2 Å². The number of anilines is 1. The zero-order valence-electron chi connectivity index (χ0n) is 14.3. The lowest BCUT2D eigenvalue weighted by Gasteiger charge is -2.10. The van der Waals surface area contributed by atoms with Crippen LogP contribution in [0.2, 0.25) is 0 Å². The SMILES string of the molecule is Cc1nc(-c2cccc(Br)c2)ccc1C(=O)Nc1cccc(S(N)(=O)=O)c1. The van der Waals surface area contributed by atoms with Gasteiger partial charge in [-0.05, 0) is 49.4 Å². The van der Waals surface area contributed by atoms with Crippen molar-refractivity contribution in [3.05, 3.63) is 76.4 Å². The number of carbonyl (C=O) groups is 1. The molecule has 1 aromatic heterocycles. The minimum absolute atomic E-state index is 0.0693. The molecular formula is C19H16BrN3O3S. The molecule has 0 unspecified atom stereocenters. The third kappa shape index (κ3) is 4.60. The van der Waals surface area contributed by atoms with Gasteiger partial charge in [-0.2, -0.15) is 0 Å². The predicted molar refractivity (Wildman–Crippen MR) is 108 cm³/mol. The normalized spacial score (nSPS) is 11.2. The van der Waals surface area contributed by atoms with E-state index in [4.69, 9.17) is 5.14 Å². The van der Waals surface area contributed by atoms with Crippen molar-refractivity contribution in [1.82, 2.24) is 4.98 Å². The number of nitrogens with zero attached hydrogens (tertiary/aromatic N) is 1. The summed E-state index contributed by atoms with van der Waals surface area (Å²) in [5, 5.41) is 7.79. The zero-order chi connectivity index (χ0) is 19.6. The summed E-state index contributed by atoms with van der Waals surface area (Å²) in [6.45, 7) is 1.75. The van der Waals surface area contributed by atoms with Crippen LogP contribution in [0.4, 0.5) is 5.69 Å². The average Bonchev–Trinajstić information content (AvgIpc) is 2.61. The number of nitrogens with two attached hydrogens (primary N) is 1. The van der Waals surface area contributed by atoms with Crippen LogP contribution in [0.1, 0.15) is 16.1 Å². The Balaban J connectivity index is 1.86. The zero-order valence-corrected chi connectivity index (χ0v) is 16.7. The second kappa shape index (κ2) is 7.59. The van der Waals surface area contributed by atoms with Gasteiger partial charge >= 0.3 is 0 Å². The number of pyridine rings is 1. The van der Waals surface area contributed by atoms with Crippen molar-refractivity contribution < 1.29 is 13.2 Å². The molecule has 0 aliphatic heterocycles. The Labute approximate surface area is 165 Å². The highest BCUT2D eigenvalue weighted by atomic mass is 79.9. The molecular weight excluding hydrogens is 430 g/mol. The lowest BCUT2D eigenvalue weighted by molar-refractivity contribution is 0.102. The van der Waals surface area contributed by atoms with Gasteiger partial charge < -0.3 is 5.32 Å². The van der Waals surface area contributed by atoms with Gasteiger partial charge in [0.2, 0.25) is 10.0 Å². The van der Waals surface area contributed by atoms with E-state index >= 15 is 0 Å². The van der Waals surface area contributed by atoms with Crippen LogP contribution in [-0.2, 0) is 10.0 Å². The van der Waals surface area contributed by atoms with Gasteiger partial charge in [0.1, 0.15) is 0 Å². The monoisotopic (exact) mass is 445 g/mol. The van der Waals surface area contributed by atoms with Crippen molar-refractivity contribution in [3.63, 3.8) is 0 Å². The number of carbonyl (C=O) groups excluding carboxylic acids is 1. The molecule has 0 bridgehead atoms. The van der Waals surface area contributed by atoms with E-state index in [1.54, 1.807) is 25.1 Å². The van der Waals surface area contributed by atoms with Crippen LogP contribution in [-0.4, -0.2) is 19.3 Å². The standard InChI is InChI=1S/C19H16BrN3O3S/c1-12-17(8-9-18(22-12)13-4-2-5-14(20)10-13)19(24)23-15-6-3-7-16(11-15)27(21,25)26/h2-11H,1H3,(H,23,24)(H2,21,25,26). The maximum absolute atomic E-state index is 12.6. The lowest BCUT2D eigenvalue weighted by Crippen LogP contribution is -2.16. The molecule has 0 saturated carbocycles. The second-order valence-electron chi connectivity index (χ2n) is 5.87. The molecule has 6 nitrogen and oxygen atoms in total. The Morgan fingerprint density at radius 3 is 2.48 bits per heavy atom. The predicted octanol–water partition coefficient (Wildman–Crippen LogP) is 3.72. The number of aromatic nitrogens is 1. The maximum Gasteiger partial charge on any atom is 0.257 e. The first-order chi connectivity index (χ1) is 12.7. The summed E-state index contributed by atoms with van der Waals surface area (Å²) < 4.78 is 23.8. The molecule has 3 aromatic rings. The summed E-state index contributed by atoms with van der Waals surface area (Å²) in [4.78, 5) is 17.0. The van der Waals surface area contributed by atoms with Crippen LogP contribution in [0.5, 0.6) is 0 Å². The second-order valence-corrected chi connectivity index (χ2v) is 8.34. The number of aryl methyl sites for hydroxylation is 1. The number of hydrogen-bond acceptors (Lipinski definition) is 4. The highest BCUT2D eigenvalue weighted by molar-refractivity contribution is 9.10. The molecule has 1 heterocycles. The molecule has 2 aromatic carbocycles. The molecule has 8 heteroatoms. The van der Waals surface area contributed by atoms with Crippen LogP contribution in [0, 0.1) is 6.92 Å². The van der Waals surface area contributed by atoms with Crippen molar-refractivity contribution in [2.24, 2.45) is 5.14 Å². The molecule has 0 fully saturated rings. The highest BCUT2D eigenvalue weighted by Crippen LogP contribution is 2.23. The third-order valence-electron chi connectivity index (χ3n) is 3.87. The van der Waals surface area contributed by atoms with Crippen molar-refractivity contribution in [3.8, 4) is 11.3 Å². The van der Waals surface area contributed by atoms with Gasteiger partial charge in [0.25, 0.3) is 5.91 Å². The van der Waals surface area contributed by atoms with Gasteiger partial charge in [-0.25, -0.2) is 13.6 Å². The first-order valence-electron chi connectivity index (χ1n) is 7.92. The fourth-order valence-electron chi connectivity index (χ4n) is 2.56. The number of benzene rings is 2. The third-order valence-corrected chi connectivity index (χ3v) is 5.28. The lowest BCUT2D eigenvalue weighted by atomic mass is 10.1. The minimum Gasteiger partial charge on any atom is -0.322 e. The molecule has 0 aliphatic carbocycles. The fraction of sp³-hybridized carbons (Fsp3) is 0.0526. The highest BCUT2D eigenvalue weighted by Gasteiger charge is 2.14. The molecule has 0 saturated heterocycles. The maximum atomic E-state index is 12.6. The quantitative estimate of drug-likeness (QED) is 0.638. The molecule has 1 amide bonds. The van der Waals surface area contributed by atoms with E-state index in [1.165, 1.54) is 18.2 Å². The summed E-state index contributed by atoms with van der Waals surface area (Å²) in [6.07, 6.45) is 0. The van der Waals surface area contributed by atoms with Gasteiger partial charge in [-0.1, -0.05) is 34.1 Å². The first-order valence-corrected chi connectivity index (χ1v) is 10.3. The van der Waals surface area contributed by atoms with Gasteiger partial charge in [0, 0.05) is 15.7 Å². The van der Waals surface area contributed by atoms with Gasteiger partial charge in [0.05, 0.1) is 21.8 Å². The summed E-state index contributed by atoms with van der Waals surface area (Å²) in [5.41, 5.74) is 2.98.